The maximum Gasteiger partial charge on any atom is 0.328 e. The Kier molecular flexibility index (Phi) is 7.92. The van der Waals surface area contributed by atoms with Crippen LogP contribution >= 0.6 is 0 Å². The number of hydrogen-bond acceptors (Lipinski definition) is 3. The van der Waals surface area contributed by atoms with Crippen molar-refractivity contribution in [1.29, 1.82) is 0 Å². The Hall–Kier alpha value is -2.57. The van der Waals surface area contributed by atoms with Crippen LogP contribution in [0.2, 0.25) is 0 Å². The average Bonchev–Trinajstić information content (AvgIpc) is 2.64. The molecule has 26 heavy (non-hydrogen) atoms. The zero-order valence-corrected chi connectivity index (χ0v) is 14.9. The molecule has 1 saturated carbocycles. The summed E-state index contributed by atoms with van der Waals surface area (Å²) < 4.78 is 0. The first-order valence-electron chi connectivity index (χ1n) is 9.12. The third-order valence-electron chi connectivity index (χ3n) is 4.59. The van der Waals surface area contributed by atoms with E-state index < -0.39 is 18.0 Å². The van der Waals surface area contributed by atoms with Crippen molar-refractivity contribution < 1.29 is 19.5 Å². The van der Waals surface area contributed by atoms with Crippen molar-refractivity contribution in [2.45, 2.75) is 51.1 Å². The zero-order valence-electron chi connectivity index (χ0n) is 14.9. The molecule has 0 spiro atoms. The summed E-state index contributed by atoms with van der Waals surface area (Å²) in [6.07, 6.45) is 5.85. The van der Waals surface area contributed by atoms with Crippen LogP contribution in [0.1, 0.15) is 44.1 Å². The lowest BCUT2D eigenvalue weighted by atomic mass is 9.87. The van der Waals surface area contributed by atoms with E-state index in [1.807, 2.05) is 30.3 Å². The largest absolute Gasteiger partial charge is 0.480 e. The maximum absolute atomic E-state index is 12.1. The lowest BCUT2D eigenvalue weighted by Gasteiger charge is -2.22. The number of benzene rings is 1. The van der Waals surface area contributed by atoms with Gasteiger partial charge in [-0.2, -0.15) is 0 Å². The molecule has 1 aromatic rings. The number of urea groups is 1. The summed E-state index contributed by atoms with van der Waals surface area (Å²) in [6.45, 7) is 0.185. The lowest BCUT2D eigenvalue weighted by Crippen LogP contribution is -2.50. The van der Waals surface area contributed by atoms with Crippen molar-refractivity contribution in [2.24, 2.45) is 5.92 Å². The fourth-order valence-corrected chi connectivity index (χ4v) is 3.14. The molecule has 0 saturated heterocycles. The highest BCUT2D eigenvalue weighted by Gasteiger charge is 2.23. The van der Waals surface area contributed by atoms with Crippen molar-refractivity contribution in [3.8, 4) is 0 Å². The van der Waals surface area contributed by atoms with Gasteiger partial charge in [0.05, 0.1) is 6.54 Å². The number of carboxylic acids is 1. The molecule has 0 aliphatic heterocycles. The van der Waals surface area contributed by atoms with Crippen molar-refractivity contribution in [2.75, 3.05) is 6.54 Å². The Labute approximate surface area is 153 Å². The Balaban J connectivity index is 1.71. The summed E-state index contributed by atoms with van der Waals surface area (Å²) in [5.74, 6) is -1.10. The second-order valence-corrected chi connectivity index (χ2v) is 6.72. The van der Waals surface area contributed by atoms with Crippen LogP contribution in [0.5, 0.6) is 0 Å². The van der Waals surface area contributed by atoms with Crippen LogP contribution < -0.4 is 16.0 Å². The molecule has 3 amide bonds. The lowest BCUT2D eigenvalue weighted by molar-refractivity contribution is -0.141. The van der Waals surface area contributed by atoms with Gasteiger partial charge >= 0.3 is 12.0 Å². The number of carbonyl (C=O) groups excluding carboxylic acids is 2. The second-order valence-electron chi connectivity index (χ2n) is 6.72. The van der Waals surface area contributed by atoms with Gasteiger partial charge in [0.25, 0.3) is 0 Å². The minimum absolute atomic E-state index is 0.160. The fourth-order valence-electron chi connectivity index (χ4n) is 3.14. The SMILES string of the molecule is O=C(CC1CCCCC1)NC(CNC(=O)NCc1ccccc1)C(=O)O. The van der Waals surface area contributed by atoms with E-state index in [2.05, 4.69) is 16.0 Å². The van der Waals surface area contributed by atoms with Crippen LogP contribution in [0, 0.1) is 5.92 Å². The standard InChI is InChI=1S/C19H27N3O4/c23-17(11-14-7-3-1-4-8-14)22-16(18(24)25)13-21-19(26)20-12-15-9-5-2-6-10-15/h2,5-6,9-10,14,16H,1,3-4,7-8,11-13H2,(H,22,23)(H,24,25)(H2,20,21,26). The number of aliphatic carboxylic acids is 1. The molecule has 7 nitrogen and oxygen atoms in total. The quantitative estimate of drug-likeness (QED) is 0.568. The van der Waals surface area contributed by atoms with Gasteiger partial charge in [-0.05, 0) is 24.3 Å². The van der Waals surface area contributed by atoms with E-state index in [0.717, 1.165) is 31.2 Å². The average molecular weight is 361 g/mol. The van der Waals surface area contributed by atoms with Crippen LogP contribution in [0.25, 0.3) is 0 Å². The molecule has 142 valence electrons. The van der Waals surface area contributed by atoms with Gasteiger partial charge in [0, 0.05) is 13.0 Å². The smallest absolute Gasteiger partial charge is 0.328 e. The Morgan fingerprint density at radius 2 is 1.73 bits per heavy atom. The zero-order chi connectivity index (χ0) is 18.8. The van der Waals surface area contributed by atoms with Gasteiger partial charge in [-0.1, -0.05) is 49.6 Å². The fraction of sp³-hybridized carbons (Fsp3) is 0.526. The first-order chi connectivity index (χ1) is 12.5. The van der Waals surface area contributed by atoms with E-state index in [1.165, 1.54) is 6.42 Å². The molecule has 1 fully saturated rings. The molecule has 7 heteroatoms. The van der Waals surface area contributed by atoms with E-state index in [9.17, 15) is 19.5 Å². The molecule has 0 heterocycles. The highest BCUT2D eigenvalue weighted by Crippen LogP contribution is 2.26. The van der Waals surface area contributed by atoms with Crippen molar-refractivity contribution in [3.63, 3.8) is 0 Å². The van der Waals surface area contributed by atoms with Gasteiger partial charge in [0.2, 0.25) is 5.91 Å². The molecule has 2 rings (SSSR count). The van der Waals surface area contributed by atoms with E-state index in [1.54, 1.807) is 0 Å². The molecule has 0 aromatic heterocycles. The monoisotopic (exact) mass is 361 g/mol. The van der Waals surface area contributed by atoms with Crippen LogP contribution in [0.4, 0.5) is 4.79 Å². The third-order valence-corrected chi connectivity index (χ3v) is 4.59. The van der Waals surface area contributed by atoms with Crippen molar-refractivity contribution in [1.82, 2.24) is 16.0 Å². The maximum atomic E-state index is 12.1. The van der Waals surface area contributed by atoms with Crippen LogP contribution in [-0.4, -0.2) is 35.6 Å². The Morgan fingerprint density at radius 1 is 1.04 bits per heavy atom. The topological polar surface area (TPSA) is 108 Å². The second kappa shape index (κ2) is 10.4. The number of carbonyl (C=O) groups is 3. The first-order valence-corrected chi connectivity index (χ1v) is 9.12. The minimum Gasteiger partial charge on any atom is -0.480 e. The van der Waals surface area contributed by atoms with Gasteiger partial charge in [-0.15, -0.1) is 0 Å². The van der Waals surface area contributed by atoms with E-state index in [4.69, 9.17) is 0 Å². The van der Waals surface area contributed by atoms with Gasteiger partial charge in [-0.25, -0.2) is 9.59 Å². The Bertz CT molecular complexity index is 600. The number of carboxylic acid groups (broad SMARTS) is 1. The molecular formula is C19H27N3O4. The first kappa shape index (κ1) is 19.8. The molecule has 1 aliphatic rings. The summed E-state index contributed by atoms with van der Waals surface area (Å²) in [6, 6.07) is 7.79. The molecule has 1 unspecified atom stereocenters. The van der Waals surface area contributed by atoms with Gasteiger partial charge in [-0.3, -0.25) is 4.79 Å². The van der Waals surface area contributed by atoms with E-state index in [0.29, 0.717) is 18.9 Å². The molecule has 0 radical (unpaired) electrons. The molecular weight excluding hydrogens is 334 g/mol. The summed E-state index contributed by atoms with van der Waals surface area (Å²) in [5, 5.41) is 16.9. The predicted octanol–water partition coefficient (Wildman–Crippen LogP) is 2.03. The van der Waals surface area contributed by atoms with Crippen LogP contribution in [0.3, 0.4) is 0 Å². The molecule has 0 bridgehead atoms. The van der Waals surface area contributed by atoms with Crippen LogP contribution in [-0.2, 0) is 16.1 Å². The van der Waals surface area contributed by atoms with Crippen LogP contribution in [0.15, 0.2) is 30.3 Å². The highest BCUT2D eigenvalue weighted by molar-refractivity contribution is 5.84. The van der Waals surface area contributed by atoms with Crippen molar-refractivity contribution >= 4 is 17.9 Å². The summed E-state index contributed by atoms with van der Waals surface area (Å²) in [7, 11) is 0. The van der Waals surface area contributed by atoms with Gasteiger partial charge in [0.15, 0.2) is 0 Å². The van der Waals surface area contributed by atoms with Gasteiger partial charge < -0.3 is 21.1 Å². The highest BCUT2D eigenvalue weighted by atomic mass is 16.4. The normalized spacial score (nSPS) is 15.7. The molecule has 4 N–H and O–H groups in total. The third kappa shape index (κ3) is 7.13. The molecule has 1 aliphatic carbocycles. The van der Waals surface area contributed by atoms with E-state index in [-0.39, 0.29) is 12.5 Å². The Morgan fingerprint density at radius 3 is 2.38 bits per heavy atom. The summed E-state index contributed by atoms with van der Waals surface area (Å²) >= 11 is 0. The predicted molar refractivity (Wildman–Crippen MR) is 97.4 cm³/mol. The summed E-state index contributed by atoms with van der Waals surface area (Å²) in [4.78, 5) is 35.2. The molecule has 1 aromatic carbocycles. The van der Waals surface area contributed by atoms with Crippen molar-refractivity contribution in [3.05, 3.63) is 35.9 Å². The minimum atomic E-state index is -1.16. The number of rotatable bonds is 8. The number of amides is 3. The number of nitrogens with one attached hydrogen (secondary N) is 3. The summed E-state index contributed by atoms with van der Waals surface area (Å²) in [5.41, 5.74) is 0.943. The van der Waals surface area contributed by atoms with E-state index >= 15 is 0 Å². The number of hydrogen-bond donors (Lipinski definition) is 4. The van der Waals surface area contributed by atoms with Gasteiger partial charge in [0.1, 0.15) is 6.04 Å². The molecule has 1 atom stereocenters.